The number of ether oxygens (including phenoxy) is 1. The molecule has 0 spiro atoms. The van der Waals surface area contributed by atoms with E-state index < -0.39 is 0 Å². The van der Waals surface area contributed by atoms with Gasteiger partial charge in [-0.1, -0.05) is 23.7 Å². The van der Waals surface area contributed by atoms with Crippen LogP contribution in [-0.2, 0) is 11.2 Å². The third-order valence-corrected chi connectivity index (χ3v) is 3.31. The van der Waals surface area contributed by atoms with Gasteiger partial charge in [-0.2, -0.15) is 0 Å². The number of nitrogens with one attached hydrogen (secondary N) is 1. The van der Waals surface area contributed by atoms with Crippen molar-refractivity contribution in [2.24, 2.45) is 0 Å². The molecule has 0 saturated heterocycles. The molecule has 0 bridgehead atoms. The zero-order valence-corrected chi connectivity index (χ0v) is 11.8. The van der Waals surface area contributed by atoms with Gasteiger partial charge in [0.1, 0.15) is 0 Å². The van der Waals surface area contributed by atoms with Gasteiger partial charge >= 0.3 is 0 Å². The molecule has 0 aromatic heterocycles. The molecule has 0 amide bonds. The summed E-state index contributed by atoms with van der Waals surface area (Å²) in [6.45, 7) is 4.21. The van der Waals surface area contributed by atoms with Crippen LogP contribution in [0.15, 0.2) is 24.3 Å². The molecule has 1 aromatic carbocycles. The summed E-state index contributed by atoms with van der Waals surface area (Å²) in [7, 11) is 3.74. The van der Waals surface area contributed by atoms with Crippen molar-refractivity contribution in [3.8, 4) is 0 Å². The van der Waals surface area contributed by atoms with Crippen molar-refractivity contribution in [1.29, 1.82) is 0 Å². The zero-order valence-electron chi connectivity index (χ0n) is 11.1. The number of methoxy groups -OCH3 is 1. The van der Waals surface area contributed by atoms with Crippen LogP contribution in [0.1, 0.15) is 25.8 Å². The van der Waals surface area contributed by atoms with E-state index in [1.807, 2.05) is 25.2 Å². The summed E-state index contributed by atoms with van der Waals surface area (Å²) in [5.41, 5.74) is 1.15. The first-order valence-electron chi connectivity index (χ1n) is 5.94. The molecule has 0 aliphatic rings. The van der Waals surface area contributed by atoms with Crippen molar-refractivity contribution in [3.05, 3.63) is 34.9 Å². The van der Waals surface area contributed by atoms with Crippen LogP contribution in [0.4, 0.5) is 0 Å². The van der Waals surface area contributed by atoms with Gasteiger partial charge in [-0.05, 0) is 51.4 Å². The van der Waals surface area contributed by atoms with E-state index >= 15 is 0 Å². The highest BCUT2D eigenvalue weighted by Crippen LogP contribution is 2.19. The molecule has 0 aliphatic heterocycles. The Morgan fingerprint density at radius 3 is 2.65 bits per heavy atom. The first kappa shape index (κ1) is 14.5. The van der Waals surface area contributed by atoms with Crippen molar-refractivity contribution in [2.75, 3.05) is 14.2 Å². The Morgan fingerprint density at radius 1 is 1.41 bits per heavy atom. The van der Waals surface area contributed by atoms with Crippen LogP contribution in [0.25, 0.3) is 0 Å². The molecule has 2 nitrogen and oxygen atoms in total. The van der Waals surface area contributed by atoms with Crippen molar-refractivity contribution < 1.29 is 4.74 Å². The van der Waals surface area contributed by atoms with Crippen LogP contribution in [0, 0.1) is 0 Å². The summed E-state index contributed by atoms with van der Waals surface area (Å²) in [6.07, 6.45) is 1.93. The molecule has 0 radical (unpaired) electrons. The van der Waals surface area contributed by atoms with Crippen LogP contribution in [-0.4, -0.2) is 25.8 Å². The fourth-order valence-corrected chi connectivity index (χ4v) is 2.11. The highest BCUT2D eigenvalue weighted by Gasteiger charge is 2.21. The Labute approximate surface area is 109 Å². The molecule has 1 rings (SSSR count). The van der Waals surface area contributed by atoms with Crippen LogP contribution in [0.3, 0.4) is 0 Å². The summed E-state index contributed by atoms with van der Waals surface area (Å²) in [6, 6.07) is 8.41. The lowest BCUT2D eigenvalue weighted by molar-refractivity contribution is 0.00773. The highest BCUT2D eigenvalue weighted by molar-refractivity contribution is 6.30. The Morgan fingerprint density at radius 2 is 2.12 bits per heavy atom. The van der Waals surface area contributed by atoms with E-state index in [0.717, 1.165) is 17.9 Å². The maximum Gasteiger partial charge on any atom is 0.0637 e. The van der Waals surface area contributed by atoms with E-state index in [4.69, 9.17) is 16.3 Å². The minimum absolute atomic E-state index is 0.105. The van der Waals surface area contributed by atoms with Gasteiger partial charge in [0.05, 0.1) is 5.60 Å². The van der Waals surface area contributed by atoms with E-state index in [2.05, 4.69) is 25.2 Å². The number of hydrogen-bond acceptors (Lipinski definition) is 2. The van der Waals surface area contributed by atoms with Crippen molar-refractivity contribution in [3.63, 3.8) is 0 Å². The van der Waals surface area contributed by atoms with E-state index in [9.17, 15) is 0 Å². The third kappa shape index (κ3) is 5.07. The SMILES string of the molecule is CNC(Cc1cccc(Cl)c1)CC(C)(C)OC. The van der Waals surface area contributed by atoms with E-state index in [-0.39, 0.29) is 5.60 Å². The normalized spacial score (nSPS) is 13.7. The zero-order chi connectivity index (χ0) is 12.9. The smallest absolute Gasteiger partial charge is 0.0637 e. The summed E-state index contributed by atoms with van der Waals surface area (Å²) < 4.78 is 5.47. The van der Waals surface area contributed by atoms with Crippen LogP contribution in [0.2, 0.25) is 5.02 Å². The van der Waals surface area contributed by atoms with Crippen molar-refractivity contribution in [2.45, 2.75) is 38.3 Å². The fraction of sp³-hybridized carbons (Fsp3) is 0.571. The molecular weight excluding hydrogens is 234 g/mol. The lowest BCUT2D eigenvalue weighted by Crippen LogP contribution is -2.37. The largest absolute Gasteiger partial charge is 0.379 e. The molecule has 1 atom stereocenters. The standard InChI is InChI=1S/C14H22ClNO/c1-14(2,17-4)10-13(16-3)9-11-6-5-7-12(15)8-11/h5-8,13,16H,9-10H2,1-4H3. The third-order valence-electron chi connectivity index (χ3n) is 3.07. The molecule has 1 N–H and O–H groups in total. The Balaban J connectivity index is 2.64. The highest BCUT2D eigenvalue weighted by atomic mass is 35.5. The number of halogens is 1. The van der Waals surface area contributed by atoms with Gasteiger partial charge in [0.25, 0.3) is 0 Å². The van der Waals surface area contributed by atoms with E-state index in [1.54, 1.807) is 7.11 Å². The van der Waals surface area contributed by atoms with Crippen molar-refractivity contribution >= 4 is 11.6 Å². The number of hydrogen-bond donors (Lipinski definition) is 1. The first-order chi connectivity index (χ1) is 7.96. The van der Waals surface area contributed by atoms with Gasteiger partial charge in [0.15, 0.2) is 0 Å². The lowest BCUT2D eigenvalue weighted by atomic mass is 9.94. The number of rotatable bonds is 6. The maximum atomic E-state index is 5.99. The fourth-order valence-electron chi connectivity index (χ4n) is 1.90. The van der Waals surface area contributed by atoms with Crippen LogP contribution < -0.4 is 5.32 Å². The Kier molecular flexibility index (Phi) is 5.44. The van der Waals surface area contributed by atoms with Gasteiger partial charge in [0, 0.05) is 18.2 Å². The Hall–Kier alpha value is -0.570. The molecule has 0 heterocycles. The predicted molar refractivity (Wildman–Crippen MR) is 73.7 cm³/mol. The monoisotopic (exact) mass is 255 g/mol. The Bertz CT molecular complexity index is 352. The summed E-state index contributed by atoms with van der Waals surface area (Å²) in [4.78, 5) is 0. The number of likely N-dealkylation sites (N-methyl/N-ethyl adjacent to an activating group) is 1. The maximum absolute atomic E-state index is 5.99. The minimum Gasteiger partial charge on any atom is -0.379 e. The quantitative estimate of drug-likeness (QED) is 0.842. The van der Waals surface area contributed by atoms with Gasteiger partial charge in [-0.3, -0.25) is 0 Å². The molecule has 1 unspecified atom stereocenters. The van der Waals surface area contributed by atoms with Gasteiger partial charge in [0.2, 0.25) is 0 Å². The first-order valence-corrected chi connectivity index (χ1v) is 6.31. The molecule has 0 fully saturated rings. The molecule has 96 valence electrons. The van der Waals surface area contributed by atoms with Crippen molar-refractivity contribution in [1.82, 2.24) is 5.32 Å². The molecule has 3 heteroatoms. The second kappa shape index (κ2) is 6.39. The average molecular weight is 256 g/mol. The van der Waals surface area contributed by atoms with Crippen LogP contribution in [0.5, 0.6) is 0 Å². The predicted octanol–water partition coefficient (Wildman–Crippen LogP) is 3.29. The average Bonchev–Trinajstić information content (AvgIpc) is 2.28. The van der Waals surface area contributed by atoms with Gasteiger partial charge < -0.3 is 10.1 Å². The van der Waals surface area contributed by atoms with Crippen LogP contribution >= 0.6 is 11.6 Å². The molecule has 0 saturated carbocycles. The second-order valence-corrected chi connectivity index (χ2v) is 5.42. The molecule has 17 heavy (non-hydrogen) atoms. The van der Waals surface area contributed by atoms with E-state index in [1.165, 1.54) is 5.56 Å². The number of benzene rings is 1. The summed E-state index contributed by atoms with van der Waals surface area (Å²) >= 11 is 5.99. The van der Waals surface area contributed by atoms with Gasteiger partial charge in [-0.25, -0.2) is 0 Å². The minimum atomic E-state index is -0.105. The second-order valence-electron chi connectivity index (χ2n) is 4.99. The molecule has 1 aromatic rings. The topological polar surface area (TPSA) is 21.3 Å². The molecular formula is C14H22ClNO. The molecule has 0 aliphatic carbocycles. The summed E-state index contributed by atoms with van der Waals surface area (Å²) in [5, 5.41) is 4.13. The van der Waals surface area contributed by atoms with Gasteiger partial charge in [-0.15, -0.1) is 0 Å². The summed E-state index contributed by atoms with van der Waals surface area (Å²) in [5.74, 6) is 0. The van der Waals surface area contributed by atoms with E-state index in [0.29, 0.717) is 6.04 Å². The lowest BCUT2D eigenvalue weighted by Gasteiger charge is -2.28.